The Morgan fingerprint density at radius 2 is 1.92 bits per heavy atom. The number of H-pyrrole nitrogens is 1. The Kier molecular flexibility index (Phi) is 4.65. The molecular formula is C18H16FN3O3. The maximum atomic E-state index is 13.0. The molecule has 0 fully saturated rings. The summed E-state index contributed by atoms with van der Waals surface area (Å²) in [7, 11) is 1.51. The van der Waals surface area contributed by atoms with Crippen molar-refractivity contribution in [3.05, 3.63) is 70.8 Å². The summed E-state index contributed by atoms with van der Waals surface area (Å²) in [6.07, 6.45) is 0. The van der Waals surface area contributed by atoms with Crippen LogP contribution in [-0.2, 0) is 11.3 Å². The molecule has 0 bridgehead atoms. The molecule has 3 rings (SSSR count). The summed E-state index contributed by atoms with van der Waals surface area (Å²) in [5, 5.41) is 5.55. The summed E-state index contributed by atoms with van der Waals surface area (Å²) < 4.78 is 19.3. The number of benzene rings is 2. The number of carbonyl (C=O) groups is 1. The first-order chi connectivity index (χ1) is 12.1. The largest absolute Gasteiger partial charge is 0.495 e. The molecule has 2 N–H and O–H groups in total. The predicted octanol–water partition coefficient (Wildman–Crippen LogP) is 2.63. The number of aromatic amines is 1. The first-order valence-electron chi connectivity index (χ1n) is 7.55. The molecule has 1 heterocycles. The van der Waals surface area contributed by atoms with E-state index < -0.39 is 0 Å². The van der Waals surface area contributed by atoms with Gasteiger partial charge in [-0.2, -0.15) is 0 Å². The Morgan fingerprint density at radius 1 is 1.20 bits per heavy atom. The van der Waals surface area contributed by atoms with Gasteiger partial charge in [0.15, 0.2) is 0 Å². The Balaban J connectivity index is 1.76. The van der Waals surface area contributed by atoms with Gasteiger partial charge in [-0.25, -0.2) is 9.07 Å². The number of hydrogen-bond donors (Lipinski definition) is 2. The smallest absolute Gasteiger partial charge is 0.267 e. The number of carbonyl (C=O) groups excluding carboxylic acids is 1. The zero-order valence-electron chi connectivity index (χ0n) is 13.5. The average molecular weight is 341 g/mol. The molecule has 0 unspecified atom stereocenters. The molecule has 0 spiro atoms. The van der Waals surface area contributed by atoms with Gasteiger partial charge < -0.3 is 10.1 Å². The molecule has 0 saturated carbocycles. The highest BCUT2D eigenvalue weighted by molar-refractivity contribution is 5.92. The van der Waals surface area contributed by atoms with Crippen molar-refractivity contribution in [2.45, 2.75) is 6.54 Å². The molecule has 1 aromatic heterocycles. The lowest BCUT2D eigenvalue weighted by atomic mass is 10.1. The molecule has 25 heavy (non-hydrogen) atoms. The van der Waals surface area contributed by atoms with Gasteiger partial charge in [-0.05, 0) is 42.0 Å². The van der Waals surface area contributed by atoms with Crippen molar-refractivity contribution in [2.75, 3.05) is 12.4 Å². The lowest BCUT2D eigenvalue weighted by Gasteiger charge is -2.09. The lowest BCUT2D eigenvalue weighted by molar-refractivity contribution is -0.117. The van der Waals surface area contributed by atoms with E-state index in [-0.39, 0.29) is 23.8 Å². The van der Waals surface area contributed by atoms with E-state index in [0.717, 1.165) is 0 Å². The van der Waals surface area contributed by atoms with Crippen LogP contribution in [0, 0.1) is 5.82 Å². The fourth-order valence-electron chi connectivity index (χ4n) is 2.41. The van der Waals surface area contributed by atoms with Gasteiger partial charge in [-0.3, -0.25) is 14.7 Å². The number of ether oxygens (including phenoxy) is 1. The molecule has 7 heteroatoms. The van der Waals surface area contributed by atoms with Crippen LogP contribution in [0.1, 0.15) is 0 Å². The first-order valence-corrected chi connectivity index (χ1v) is 7.55. The van der Waals surface area contributed by atoms with Gasteiger partial charge in [0.05, 0.1) is 18.5 Å². The van der Waals surface area contributed by atoms with Crippen molar-refractivity contribution in [3.63, 3.8) is 0 Å². The molecule has 128 valence electrons. The van der Waals surface area contributed by atoms with Crippen molar-refractivity contribution < 1.29 is 13.9 Å². The standard InChI is InChI=1S/C18H16FN3O3/c1-25-16-5-3-2-4-14(16)20-17(23)11-22-18(24)10-15(21-22)12-6-8-13(19)9-7-12/h2-10,21H,11H2,1H3,(H,20,23). The molecule has 0 aliphatic rings. The predicted molar refractivity (Wildman–Crippen MR) is 92.1 cm³/mol. The number of hydrogen-bond acceptors (Lipinski definition) is 3. The fourth-order valence-corrected chi connectivity index (χ4v) is 2.41. The number of nitrogens with one attached hydrogen (secondary N) is 2. The number of anilines is 1. The maximum Gasteiger partial charge on any atom is 0.267 e. The first kappa shape index (κ1) is 16.5. The fraction of sp³-hybridized carbons (Fsp3) is 0.111. The van der Waals surface area contributed by atoms with Gasteiger partial charge in [0, 0.05) is 6.07 Å². The number of para-hydroxylation sites is 2. The van der Waals surface area contributed by atoms with E-state index in [1.54, 1.807) is 36.4 Å². The molecule has 3 aromatic rings. The molecule has 1 amide bonds. The molecule has 0 radical (unpaired) electrons. The summed E-state index contributed by atoms with van der Waals surface area (Å²) >= 11 is 0. The molecule has 0 atom stereocenters. The maximum absolute atomic E-state index is 13.0. The highest BCUT2D eigenvalue weighted by Gasteiger charge is 2.11. The summed E-state index contributed by atoms with van der Waals surface area (Å²) in [6.45, 7) is -0.182. The van der Waals surface area contributed by atoms with E-state index in [9.17, 15) is 14.0 Å². The van der Waals surface area contributed by atoms with Crippen molar-refractivity contribution in [2.24, 2.45) is 0 Å². The van der Waals surface area contributed by atoms with Crippen LogP contribution in [0.2, 0.25) is 0 Å². The normalized spacial score (nSPS) is 10.5. The van der Waals surface area contributed by atoms with Crippen molar-refractivity contribution in [3.8, 4) is 17.0 Å². The van der Waals surface area contributed by atoms with Gasteiger partial charge in [0.2, 0.25) is 5.91 Å². The Bertz CT molecular complexity index is 945. The number of nitrogens with zero attached hydrogens (tertiary/aromatic N) is 1. The zero-order chi connectivity index (χ0) is 17.8. The topological polar surface area (TPSA) is 76.1 Å². The molecule has 6 nitrogen and oxygen atoms in total. The van der Waals surface area contributed by atoms with E-state index in [0.29, 0.717) is 22.7 Å². The number of aromatic nitrogens is 2. The lowest BCUT2D eigenvalue weighted by Crippen LogP contribution is -2.26. The second kappa shape index (κ2) is 7.04. The number of halogens is 1. The summed E-state index contributed by atoms with van der Waals surface area (Å²) in [6, 6.07) is 14.1. The number of amides is 1. The van der Waals surface area contributed by atoms with Crippen LogP contribution >= 0.6 is 0 Å². The van der Waals surface area contributed by atoms with Crippen LogP contribution < -0.4 is 15.6 Å². The van der Waals surface area contributed by atoms with Crippen molar-refractivity contribution >= 4 is 11.6 Å². The van der Waals surface area contributed by atoms with E-state index in [1.165, 1.54) is 30.0 Å². The number of rotatable bonds is 5. The minimum absolute atomic E-state index is 0.182. The highest BCUT2D eigenvalue weighted by Crippen LogP contribution is 2.23. The molecular weight excluding hydrogens is 325 g/mol. The summed E-state index contributed by atoms with van der Waals surface area (Å²) in [4.78, 5) is 24.2. The number of methoxy groups -OCH3 is 1. The van der Waals surface area contributed by atoms with Crippen LogP contribution in [0.15, 0.2) is 59.4 Å². The molecule has 0 aliphatic heterocycles. The minimum atomic E-state index is -0.376. The van der Waals surface area contributed by atoms with Gasteiger partial charge in [-0.1, -0.05) is 12.1 Å². The third-order valence-electron chi connectivity index (χ3n) is 3.63. The van der Waals surface area contributed by atoms with Gasteiger partial charge in [0.25, 0.3) is 5.56 Å². The SMILES string of the molecule is COc1ccccc1NC(=O)Cn1[nH]c(-c2ccc(F)cc2)cc1=O. The zero-order valence-corrected chi connectivity index (χ0v) is 13.5. The second-order valence-electron chi connectivity index (χ2n) is 5.35. The van der Waals surface area contributed by atoms with Gasteiger partial charge in [0.1, 0.15) is 18.1 Å². The van der Waals surface area contributed by atoms with E-state index in [2.05, 4.69) is 10.4 Å². The monoisotopic (exact) mass is 341 g/mol. The minimum Gasteiger partial charge on any atom is -0.495 e. The van der Waals surface area contributed by atoms with Gasteiger partial charge in [-0.15, -0.1) is 0 Å². The third kappa shape index (κ3) is 3.77. The summed E-state index contributed by atoms with van der Waals surface area (Å²) in [5.74, 6) is -0.206. The van der Waals surface area contributed by atoms with Crippen molar-refractivity contribution in [1.29, 1.82) is 0 Å². The Hall–Kier alpha value is -3.35. The van der Waals surface area contributed by atoms with Crippen molar-refractivity contribution in [1.82, 2.24) is 9.78 Å². The Morgan fingerprint density at radius 3 is 2.64 bits per heavy atom. The van der Waals surface area contributed by atoms with Crippen LogP contribution in [0.3, 0.4) is 0 Å². The second-order valence-corrected chi connectivity index (χ2v) is 5.35. The average Bonchev–Trinajstić information content (AvgIpc) is 2.96. The Labute approximate surface area is 142 Å². The van der Waals surface area contributed by atoms with E-state index >= 15 is 0 Å². The molecule has 0 saturated heterocycles. The summed E-state index contributed by atoms with van der Waals surface area (Å²) in [5.41, 5.74) is 1.33. The third-order valence-corrected chi connectivity index (χ3v) is 3.63. The van der Waals surface area contributed by atoms with E-state index in [1.807, 2.05) is 0 Å². The molecule has 2 aromatic carbocycles. The quantitative estimate of drug-likeness (QED) is 0.749. The van der Waals surface area contributed by atoms with Crippen LogP contribution in [0.25, 0.3) is 11.3 Å². The van der Waals surface area contributed by atoms with E-state index in [4.69, 9.17) is 4.74 Å². The molecule has 0 aliphatic carbocycles. The van der Waals surface area contributed by atoms with Crippen LogP contribution in [0.5, 0.6) is 5.75 Å². The van der Waals surface area contributed by atoms with Gasteiger partial charge >= 0.3 is 0 Å². The van der Waals surface area contributed by atoms with Crippen LogP contribution in [0.4, 0.5) is 10.1 Å². The van der Waals surface area contributed by atoms with Crippen LogP contribution in [-0.4, -0.2) is 22.8 Å². The highest BCUT2D eigenvalue weighted by atomic mass is 19.1.